The van der Waals surface area contributed by atoms with Crippen molar-refractivity contribution in [1.29, 1.82) is 0 Å². The normalized spacial score (nSPS) is 43.2. The molecule has 0 aliphatic carbocycles. The van der Waals surface area contributed by atoms with Crippen LogP contribution in [0.25, 0.3) is 0 Å². The molecule has 0 aromatic carbocycles. The van der Waals surface area contributed by atoms with Gasteiger partial charge in [-0.2, -0.15) is 0 Å². The molecule has 0 spiro atoms. The van der Waals surface area contributed by atoms with Gasteiger partial charge in [0.1, 0.15) is 0 Å². The van der Waals surface area contributed by atoms with Gasteiger partial charge in [-0.1, -0.05) is 44.0 Å². The summed E-state index contributed by atoms with van der Waals surface area (Å²) in [6.45, 7) is 2.05. The highest BCUT2D eigenvalue weighted by Gasteiger charge is 2.38. The van der Waals surface area contributed by atoms with Crippen molar-refractivity contribution in [2.45, 2.75) is 60.8 Å². The SMILES string of the molecule is CC1/C=C/CC(Br)C2CC(Cl)C(CC(C=C=CBr)O1)O2. The summed E-state index contributed by atoms with van der Waals surface area (Å²) in [6, 6.07) is 0. The lowest BCUT2D eigenvalue weighted by molar-refractivity contribution is -0.00956. The minimum atomic E-state index is -0.0414. The van der Waals surface area contributed by atoms with Crippen molar-refractivity contribution in [2.24, 2.45) is 0 Å². The Kier molecular flexibility index (Phi) is 6.86. The summed E-state index contributed by atoms with van der Waals surface area (Å²) in [6.07, 6.45) is 8.98. The van der Waals surface area contributed by atoms with E-state index < -0.39 is 0 Å². The second-order valence-electron chi connectivity index (χ2n) is 5.20. The molecule has 1 saturated heterocycles. The van der Waals surface area contributed by atoms with Crippen molar-refractivity contribution in [3.05, 3.63) is 28.9 Å². The first-order chi connectivity index (χ1) is 9.60. The Balaban J connectivity index is 2.16. The first-order valence-corrected chi connectivity index (χ1v) is 9.14. The second kappa shape index (κ2) is 8.17. The fourth-order valence-corrected chi connectivity index (χ4v) is 3.63. The van der Waals surface area contributed by atoms with Gasteiger partial charge in [-0.25, -0.2) is 0 Å². The molecule has 2 aliphatic heterocycles. The van der Waals surface area contributed by atoms with Gasteiger partial charge in [-0.05, 0) is 25.8 Å². The summed E-state index contributed by atoms with van der Waals surface area (Å²) >= 11 is 13.4. The van der Waals surface area contributed by atoms with Crippen LogP contribution in [0.5, 0.6) is 0 Å². The van der Waals surface area contributed by atoms with Gasteiger partial charge < -0.3 is 9.47 Å². The number of allylic oxidation sites excluding steroid dienone is 1. The molecule has 1 fully saturated rings. The third-order valence-electron chi connectivity index (χ3n) is 3.58. The van der Waals surface area contributed by atoms with Crippen LogP contribution in [0.1, 0.15) is 26.2 Å². The minimum Gasteiger partial charge on any atom is -0.372 e. The molecule has 112 valence electrons. The third kappa shape index (κ3) is 4.72. The Morgan fingerprint density at radius 3 is 2.85 bits per heavy atom. The van der Waals surface area contributed by atoms with Crippen molar-refractivity contribution < 1.29 is 9.47 Å². The van der Waals surface area contributed by atoms with E-state index in [-0.39, 0.29) is 29.8 Å². The highest BCUT2D eigenvalue weighted by atomic mass is 79.9. The largest absolute Gasteiger partial charge is 0.372 e. The number of hydrogen-bond donors (Lipinski definition) is 0. The molecule has 6 atom stereocenters. The van der Waals surface area contributed by atoms with Crippen LogP contribution in [0.3, 0.4) is 0 Å². The molecule has 2 rings (SSSR count). The number of fused-ring (bicyclic) bond motifs is 2. The summed E-state index contributed by atoms with van der Waals surface area (Å²) in [5.41, 5.74) is 3.03. The maximum atomic E-state index is 6.44. The van der Waals surface area contributed by atoms with Crippen LogP contribution >= 0.6 is 43.5 Å². The summed E-state index contributed by atoms with van der Waals surface area (Å²) in [5.74, 6) is 0. The first-order valence-electron chi connectivity index (χ1n) is 6.87. The van der Waals surface area contributed by atoms with Crippen molar-refractivity contribution in [2.75, 3.05) is 0 Å². The van der Waals surface area contributed by atoms with E-state index in [0.717, 1.165) is 19.3 Å². The Bertz CT molecular complexity index is 407. The number of hydrogen-bond acceptors (Lipinski definition) is 2. The summed E-state index contributed by atoms with van der Waals surface area (Å²) in [4.78, 5) is 2.01. The van der Waals surface area contributed by atoms with Gasteiger partial charge in [-0.3, -0.25) is 0 Å². The first kappa shape index (κ1) is 16.8. The predicted octanol–water partition coefficient (Wildman–Crippen LogP) is 4.70. The van der Waals surface area contributed by atoms with E-state index in [1.165, 1.54) is 0 Å². The van der Waals surface area contributed by atoms with Crippen LogP contribution < -0.4 is 0 Å². The lowest BCUT2D eigenvalue weighted by Crippen LogP contribution is -2.27. The lowest BCUT2D eigenvalue weighted by Gasteiger charge is -2.22. The summed E-state index contributed by atoms with van der Waals surface area (Å²) < 4.78 is 12.1. The quantitative estimate of drug-likeness (QED) is 0.344. The molecule has 5 heteroatoms. The fraction of sp³-hybridized carbons (Fsp3) is 0.667. The number of rotatable bonds is 1. The maximum absolute atomic E-state index is 6.44. The number of ether oxygens (including phenoxy) is 2. The van der Waals surface area contributed by atoms with Gasteiger partial charge in [0.05, 0.1) is 29.8 Å². The summed E-state index contributed by atoms with van der Waals surface area (Å²) in [7, 11) is 0. The zero-order chi connectivity index (χ0) is 14.5. The molecular formula is C15H19Br2ClO2. The Morgan fingerprint density at radius 1 is 1.30 bits per heavy atom. The van der Waals surface area contributed by atoms with Crippen molar-refractivity contribution in [1.82, 2.24) is 0 Å². The van der Waals surface area contributed by atoms with Crippen LogP contribution in [0.15, 0.2) is 28.9 Å². The van der Waals surface area contributed by atoms with E-state index in [0.29, 0.717) is 4.83 Å². The van der Waals surface area contributed by atoms with E-state index >= 15 is 0 Å². The van der Waals surface area contributed by atoms with Crippen molar-refractivity contribution >= 4 is 43.5 Å². The Hall–Kier alpha value is 0.430. The van der Waals surface area contributed by atoms with Gasteiger partial charge in [-0.15, -0.1) is 17.3 Å². The molecule has 2 aliphatic rings. The van der Waals surface area contributed by atoms with E-state index in [2.05, 4.69) is 49.7 Å². The van der Waals surface area contributed by atoms with Crippen LogP contribution in [0.4, 0.5) is 0 Å². The molecule has 2 nitrogen and oxygen atoms in total. The zero-order valence-corrected chi connectivity index (χ0v) is 15.3. The molecule has 0 N–H and O–H groups in total. The minimum absolute atomic E-state index is 0.0328. The van der Waals surface area contributed by atoms with Crippen LogP contribution in [0, 0.1) is 0 Å². The van der Waals surface area contributed by atoms with Crippen LogP contribution in [-0.2, 0) is 9.47 Å². The molecule has 6 unspecified atom stereocenters. The fourth-order valence-electron chi connectivity index (χ4n) is 2.58. The van der Waals surface area contributed by atoms with Crippen LogP contribution in [-0.4, -0.2) is 34.6 Å². The maximum Gasteiger partial charge on any atom is 0.0862 e. The molecule has 0 aromatic rings. The van der Waals surface area contributed by atoms with Gasteiger partial charge in [0.15, 0.2) is 0 Å². The van der Waals surface area contributed by atoms with Crippen molar-refractivity contribution in [3.63, 3.8) is 0 Å². The highest BCUT2D eigenvalue weighted by Crippen LogP contribution is 2.34. The second-order valence-corrected chi connectivity index (χ2v) is 7.40. The smallest absolute Gasteiger partial charge is 0.0862 e. The van der Waals surface area contributed by atoms with E-state index in [1.807, 2.05) is 13.0 Å². The molecule has 20 heavy (non-hydrogen) atoms. The Morgan fingerprint density at radius 2 is 2.10 bits per heavy atom. The molecular weight excluding hydrogens is 407 g/mol. The standard InChI is InChI=1S/C15H19Br2ClO2/c1-10-4-2-6-12(17)14-9-13(18)15(20-14)8-11(19-10)5-3-7-16/h2,4-5,7,10-15H,6,8-9H2,1H3/b4-2+. The Labute approximate surface area is 142 Å². The number of halogens is 3. The average molecular weight is 427 g/mol. The zero-order valence-electron chi connectivity index (χ0n) is 11.3. The molecule has 0 amide bonds. The van der Waals surface area contributed by atoms with Gasteiger partial charge in [0.2, 0.25) is 0 Å². The predicted molar refractivity (Wildman–Crippen MR) is 89.9 cm³/mol. The molecule has 0 radical (unpaired) electrons. The van der Waals surface area contributed by atoms with Crippen LogP contribution in [0.2, 0.25) is 0 Å². The monoisotopic (exact) mass is 424 g/mol. The third-order valence-corrected chi connectivity index (χ3v) is 5.27. The summed E-state index contributed by atoms with van der Waals surface area (Å²) in [5, 5.41) is 0.0474. The topological polar surface area (TPSA) is 18.5 Å². The van der Waals surface area contributed by atoms with E-state index in [1.54, 1.807) is 4.99 Å². The molecule has 2 heterocycles. The number of alkyl halides is 2. The molecule has 0 aromatic heterocycles. The van der Waals surface area contributed by atoms with E-state index in [9.17, 15) is 0 Å². The molecule has 0 saturated carbocycles. The highest BCUT2D eigenvalue weighted by molar-refractivity contribution is 9.11. The lowest BCUT2D eigenvalue weighted by atomic mass is 10.0. The van der Waals surface area contributed by atoms with Gasteiger partial charge in [0.25, 0.3) is 0 Å². The molecule has 2 bridgehead atoms. The van der Waals surface area contributed by atoms with E-state index in [4.69, 9.17) is 21.1 Å². The van der Waals surface area contributed by atoms with Crippen molar-refractivity contribution in [3.8, 4) is 0 Å². The van der Waals surface area contributed by atoms with Gasteiger partial charge in [0, 0.05) is 16.2 Å². The average Bonchev–Trinajstić information content (AvgIpc) is 2.75. The van der Waals surface area contributed by atoms with Gasteiger partial charge >= 0.3 is 0 Å².